The number of methoxy groups -OCH3 is 2. The molecule has 5 heteroatoms. The molecule has 0 aliphatic heterocycles. The fourth-order valence-electron chi connectivity index (χ4n) is 2.11. The van der Waals surface area contributed by atoms with Gasteiger partial charge in [-0.05, 0) is 46.3 Å². The van der Waals surface area contributed by atoms with Gasteiger partial charge in [-0.15, -0.1) is 0 Å². The number of rotatable bonds is 3. The third-order valence-electron chi connectivity index (χ3n) is 3.12. The molecular weight excluding hydrogens is 320 g/mol. The van der Waals surface area contributed by atoms with Crippen LogP contribution in [0.5, 0.6) is 11.6 Å². The van der Waals surface area contributed by atoms with Crippen LogP contribution in [0.2, 0.25) is 0 Å². The quantitative estimate of drug-likeness (QED) is 0.732. The van der Waals surface area contributed by atoms with E-state index in [1.165, 1.54) is 0 Å². The van der Waals surface area contributed by atoms with Crippen LogP contribution in [0.15, 0.2) is 47.1 Å². The lowest BCUT2D eigenvalue weighted by Crippen LogP contribution is -1.91. The molecule has 1 aromatic carbocycles. The van der Waals surface area contributed by atoms with Crippen LogP contribution in [-0.4, -0.2) is 23.6 Å². The van der Waals surface area contributed by atoms with Crippen LogP contribution in [0.25, 0.3) is 16.9 Å². The summed E-state index contributed by atoms with van der Waals surface area (Å²) in [4.78, 5) is 4.62. The van der Waals surface area contributed by atoms with Crippen molar-refractivity contribution < 1.29 is 9.47 Å². The summed E-state index contributed by atoms with van der Waals surface area (Å²) in [6.07, 6.45) is 1.96. The van der Waals surface area contributed by atoms with E-state index in [0.717, 1.165) is 33.0 Å². The van der Waals surface area contributed by atoms with Gasteiger partial charge in [-0.25, -0.2) is 4.98 Å². The molecule has 20 heavy (non-hydrogen) atoms. The predicted octanol–water partition coefficient (Wildman–Crippen LogP) is 3.78. The van der Waals surface area contributed by atoms with Crippen molar-refractivity contribution in [3.8, 4) is 22.9 Å². The third kappa shape index (κ3) is 2.14. The molecule has 0 unspecified atom stereocenters. The maximum atomic E-state index is 5.33. The first-order valence-corrected chi connectivity index (χ1v) is 6.88. The fourth-order valence-corrected chi connectivity index (χ4v) is 2.67. The summed E-state index contributed by atoms with van der Waals surface area (Å²) >= 11 is 3.56. The van der Waals surface area contributed by atoms with Crippen molar-refractivity contribution >= 4 is 21.6 Å². The Hall–Kier alpha value is -2.01. The van der Waals surface area contributed by atoms with E-state index in [1.54, 1.807) is 14.2 Å². The second-order valence-electron chi connectivity index (χ2n) is 4.27. The van der Waals surface area contributed by atoms with Crippen molar-refractivity contribution in [2.75, 3.05) is 14.2 Å². The first-order valence-electron chi connectivity index (χ1n) is 6.09. The summed E-state index contributed by atoms with van der Waals surface area (Å²) in [5.74, 6) is 1.56. The standard InChI is InChI=1S/C15H13BrN2O2/c1-19-10-6-7-11(12(16)8-10)13-9-18-14(17-13)4-3-5-15(18)20-2/h3-9H,1-2H3. The van der Waals surface area contributed by atoms with Crippen molar-refractivity contribution in [3.63, 3.8) is 0 Å². The number of ether oxygens (including phenoxy) is 2. The topological polar surface area (TPSA) is 35.8 Å². The van der Waals surface area contributed by atoms with Gasteiger partial charge in [0.15, 0.2) is 5.88 Å². The van der Waals surface area contributed by atoms with Crippen molar-refractivity contribution in [1.82, 2.24) is 9.38 Å². The molecule has 0 atom stereocenters. The van der Waals surface area contributed by atoms with E-state index in [-0.39, 0.29) is 0 Å². The highest BCUT2D eigenvalue weighted by atomic mass is 79.9. The first-order chi connectivity index (χ1) is 9.72. The summed E-state index contributed by atoms with van der Waals surface area (Å²) in [6.45, 7) is 0. The largest absolute Gasteiger partial charge is 0.497 e. The van der Waals surface area contributed by atoms with Crippen LogP contribution in [0, 0.1) is 0 Å². The van der Waals surface area contributed by atoms with Crippen LogP contribution in [0.1, 0.15) is 0 Å². The van der Waals surface area contributed by atoms with Crippen LogP contribution >= 0.6 is 15.9 Å². The molecule has 3 rings (SSSR count). The lowest BCUT2D eigenvalue weighted by atomic mass is 10.1. The summed E-state index contributed by atoms with van der Waals surface area (Å²) in [5, 5.41) is 0. The van der Waals surface area contributed by atoms with Gasteiger partial charge < -0.3 is 9.47 Å². The van der Waals surface area contributed by atoms with Crippen LogP contribution in [0.4, 0.5) is 0 Å². The number of imidazole rings is 1. The second kappa shape index (κ2) is 5.17. The molecule has 3 aromatic rings. The lowest BCUT2D eigenvalue weighted by Gasteiger charge is -2.04. The monoisotopic (exact) mass is 332 g/mol. The van der Waals surface area contributed by atoms with E-state index in [9.17, 15) is 0 Å². The Balaban J connectivity index is 2.15. The predicted molar refractivity (Wildman–Crippen MR) is 81.4 cm³/mol. The molecule has 0 aliphatic carbocycles. The number of nitrogens with zero attached hydrogens (tertiary/aromatic N) is 2. The van der Waals surface area contributed by atoms with Gasteiger partial charge in [0.05, 0.1) is 19.9 Å². The maximum Gasteiger partial charge on any atom is 0.198 e. The normalized spacial score (nSPS) is 10.8. The van der Waals surface area contributed by atoms with Gasteiger partial charge in [0.25, 0.3) is 0 Å². The van der Waals surface area contributed by atoms with Crippen molar-refractivity contribution in [3.05, 3.63) is 47.1 Å². The molecule has 0 saturated carbocycles. The van der Waals surface area contributed by atoms with Gasteiger partial charge in [0.2, 0.25) is 0 Å². The highest BCUT2D eigenvalue weighted by Crippen LogP contribution is 2.31. The van der Waals surface area contributed by atoms with E-state index in [1.807, 2.05) is 47.0 Å². The minimum Gasteiger partial charge on any atom is -0.497 e. The van der Waals surface area contributed by atoms with Crippen LogP contribution in [0.3, 0.4) is 0 Å². The van der Waals surface area contributed by atoms with Gasteiger partial charge in [0.1, 0.15) is 11.4 Å². The highest BCUT2D eigenvalue weighted by Gasteiger charge is 2.10. The Kier molecular flexibility index (Phi) is 3.36. The highest BCUT2D eigenvalue weighted by molar-refractivity contribution is 9.10. The molecule has 2 aromatic heterocycles. The van der Waals surface area contributed by atoms with E-state index in [4.69, 9.17) is 9.47 Å². The Bertz CT molecular complexity index is 768. The van der Waals surface area contributed by atoms with E-state index in [0.29, 0.717) is 0 Å². The molecule has 0 N–H and O–H groups in total. The SMILES string of the molecule is COc1ccc(-c2cn3c(OC)cccc3n2)c(Br)c1. The van der Waals surface area contributed by atoms with Gasteiger partial charge in [-0.3, -0.25) is 4.40 Å². The molecule has 2 heterocycles. The Morgan fingerprint density at radius 2 is 1.95 bits per heavy atom. The summed E-state index contributed by atoms with van der Waals surface area (Å²) in [7, 11) is 3.30. The number of hydrogen-bond donors (Lipinski definition) is 0. The number of hydrogen-bond acceptors (Lipinski definition) is 3. The molecule has 0 spiro atoms. The zero-order valence-electron chi connectivity index (χ0n) is 11.1. The fraction of sp³-hybridized carbons (Fsp3) is 0.133. The molecule has 0 aliphatic rings. The van der Waals surface area contributed by atoms with E-state index >= 15 is 0 Å². The van der Waals surface area contributed by atoms with Crippen molar-refractivity contribution in [2.24, 2.45) is 0 Å². The molecule has 102 valence electrons. The Morgan fingerprint density at radius 1 is 1.10 bits per heavy atom. The Morgan fingerprint density at radius 3 is 2.65 bits per heavy atom. The molecule has 0 radical (unpaired) electrons. The number of pyridine rings is 1. The van der Waals surface area contributed by atoms with Crippen molar-refractivity contribution in [2.45, 2.75) is 0 Å². The molecule has 0 amide bonds. The maximum absolute atomic E-state index is 5.33. The zero-order valence-corrected chi connectivity index (χ0v) is 12.7. The third-order valence-corrected chi connectivity index (χ3v) is 3.77. The summed E-state index contributed by atoms with van der Waals surface area (Å²) in [5.41, 5.74) is 2.74. The van der Waals surface area contributed by atoms with Crippen LogP contribution < -0.4 is 9.47 Å². The molecule has 0 bridgehead atoms. The minimum atomic E-state index is 0.755. The lowest BCUT2D eigenvalue weighted by molar-refractivity contribution is 0.392. The van der Waals surface area contributed by atoms with Gasteiger partial charge in [0, 0.05) is 16.2 Å². The van der Waals surface area contributed by atoms with Gasteiger partial charge >= 0.3 is 0 Å². The summed E-state index contributed by atoms with van der Waals surface area (Å²) < 4.78 is 13.4. The number of aromatic nitrogens is 2. The zero-order chi connectivity index (χ0) is 14.1. The Labute approximate surface area is 125 Å². The van der Waals surface area contributed by atoms with E-state index < -0.39 is 0 Å². The molecule has 4 nitrogen and oxygen atoms in total. The summed E-state index contributed by atoms with van der Waals surface area (Å²) in [6, 6.07) is 11.6. The van der Waals surface area contributed by atoms with E-state index in [2.05, 4.69) is 20.9 Å². The average Bonchev–Trinajstić information content (AvgIpc) is 2.90. The number of fused-ring (bicyclic) bond motifs is 1. The minimum absolute atomic E-state index is 0.755. The van der Waals surface area contributed by atoms with Crippen LogP contribution in [-0.2, 0) is 0 Å². The number of halogens is 1. The average molecular weight is 333 g/mol. The molecular formula is C15H13BrN2O2. The first kappa shape index (κ1) is 13.0. The number of benzene rings is 1. The second-order valence-corrected chi connectivity index (χ2v) is 5.12. The molecule has 0 fully saturated rings. The van der Waals surface area contributed by atoms with Gasteiger partial charge in [-0.2, -0.15) is 0 Å². The van der Waals surface area contributed by atoms with Crippen molar-refractivity contribution in [1.29, 1.82) is 0 Å². The van der Waals surface area contributed by atoms with Gasteiger partial charge in [-0.1, -0.05) is 6.07 Å². The molecule has 0 saturated heterocycles. The smallest absolute Gasteiger partial charge is 0.198 e.